The second kappa shape index (κ2) is 7.18. The highest BCUT2D eigenvalue weighted by molar-refractivity contribution is 5.91. The number of H-pyrrole nitrogens is 1. The Morgan fingerprint density at radius 1 is 1.03 bits per heavy atom. The predicted molar refractivity (Wildman–Crippen MR) is 116 cm³/mol. The molecule has 3 heterocycles. The number of halogens is 1. The van der Waals surface area contributed by atoms with Crippen molar-refractivity contribution in [1.82, 2.24) is 19.5 Å². The quantitative estimate of drug-likeness (QED) is 0.397. The molecule has 3 aromatic heterocycles. The molecule has 0 radical (unpaired) electrons. The number of rotatable bonds is 5. The first-order chi connectivity index (χ1) is 14.6. The van der Waals surface area contributed by atoms with Crippen LogP contribution in [0.25, 0.3) is 22.1 Å². The molecule has 0 aliphatic rings. The molecule has 0 aliphatic carbocycles. The average Bonchev–Trinajstić information content (AvgIpc) is 3.30. The highest BCUT2D eigenvalue weighted by atomic mass is 19.1. The SMILES string of the molecule is CCc1ccc2[nH]cc(Nc3nc4ccc(Oc5ccc(F)cc5)cc4n3C)c2n1. The van der Waals surface area contributed by atoms with Crippen LogP contribution in [0.1, 0.15) is 12.6 Å². The van der Waals surface area contributed by atoms with Crippen LogP contribution in [-0.2, 0) is 13.5 Å². The fraction of sp³-hybridized carbons (Fsp3) is 0.130. The first-order valence-corrected chi connectivity index (χ1v) is 9.74. The number of aryl methyl sites for hydroxylation is 2. The lowest BCUT2D eigenvalue weighted by molar-refractivity contribution is 0.481. The van der Waals surface area contributed by atoms with E-state index in [2.05, 4.69) is 17.2 Å². The zero-order chi connectivity index (χ0) is 20.7. The van der Waals surface area contributed by atoms with Crippen molar-refractivity contribution < 1.29 is 9.13 Å². The Kier molecular flexibility index (Phi) is 4.35. The van der Waals surface area contributed by atoms with Gasteiger partial charge in [-0.2, -0.15) is 0 Å². The first kappa shape index (κ1) is 18.2. The van der Waals surface area contributed by atoms with Crippen molar-refractivity contribution >= 4 is 33.7 Å². The van der Waals surface area contributed by atoms with Crippen LogP contribution in [0.15, 0.2) is 60.8 Å². The van der Waals surface area contributed by atoms with Gasteiger partial charge in [-0.15, -0.1) is 0 Å². The molecule has 150 valence electrons. The Morgan fingerprint density at radius 3 is 2.63 bits per heavy atom. The topological polar surface area (TPSA) is 67.8 Å². The maximum absolute atomic E-state index is 13.1. The third-order valence-electron chi connectivity index (χ3n) is 5.09. The van der Waals surface area contributed by atoms with Gasteiger partial charge in [0.25, 0.3) is 0 Å². The van der Waals surface area contributed by atoms with E-state index in [1.54, 1.807) is 12.1 Å². The van der Waals surface area contributed by atoms with E-state index < -0.39 is 0 Å². The normalized spacial score (nSPS) is 11.3. The molecule has 0 saturated heterocycles. The van der Waals surface area contributed by atoms with Crippen LogP contribution in [0, 0.1) is 5.82 Å². The summed E-state index contributed by atoms with van der Waals surface area (Å²) < 4.78 is 20.9. The molecule has 0 bridgehead atoms. The summed E-state index contributed by atoms with van der Waals surface area (Å²) in [5.74, 6) is 1.64. The molecule has 6 nitrogen and oxygen atoms in total. The molecule has 2 aromatic carbocycles. The van der Waals surface area contributed by atoms with Crippen molar-refractivity contribution in [1.29, 1.82) is 0 Å². The molecule has 0 fully saturated rings. The molecule has 0 saturated carbocycles. The molecule has 0 unspecified atom stereocenters. The number of imidazole rings is 1. The summed E-state index contributed by atoms with van der Waals surface area (Å²) in [7, 11) is 1.94. The van der Waals surface area contributed by atoms with E-state index >= 15 is 0 Å². The van der Waals surface area contributed by atoms with Crippen molar-refractivity contribution in [3.8, 4) is 11.5 Å². The minimum Gasteiger partial charge on any atom is -0.457 e. The lowest BCUT2D eigenvalue weighted by atomic mass is 10.2. The summed E-state index contributed by atoms with van der Waals surface area (Å²) in [6, 6.07) is 15.7. The van der Waals surface area contributed by atoms with E-state index in [0.717, 1.165) is 39.9 Å². The standard InChI is InChI=1S/C23H20FN5O/c1-3-15-6-10-19-22(26-15)20(13-25-19)28-23-27-18-11-9-17(12-21(18)29(23)2)30-16-7-4-14(24)5-8-16/h4-13,25H,3H2,1-2H3,(H,27,28). The van der Waals surface area contributed by atoms with Gasteiger partial charge in [-0.1, -0.05) is 6.92 Å². The second-order valence-corrected chi connectivity index (χ2v) is 7.08. The maximum atomic E-state index is 13.1. The molecule has 0 atom stereocenters. The number of aromatic amines is 1. The minimum atomic E-state index is -0.294. The zero-order valence-electron chi connectivity index (χ0n) is 16.6. The van der Waals surface area contributed by atoms with E-state index in [4.69, 9.17) is 14.7 Å². The van der Waals surface area contributed by atoms with Gasteiger partial charge in [0, 0.05) is 25.0 Å². The van der Waals surface area contributed by atoms with Gasteiger partial charge in [-0.25, -0.2) is 14.4 Å². The number of nitrogens with zero attached hydrogens (tertiary/aromatic N) is 3. The highest BCUT2D eigenvalue weighted by Crippen LogP contribution is 2.30. The smallest absolute Gasteiger partial charge is 0.208 e. The second-order valence-electron chi connectivity index (χ2n) is 7.08. The van der Waals surface area contributed by atoms with E-state index in [0.29, 0.717) is 17.4 Å². The highest BCUT2D eigenvalue weighted by Gasteiger charge is 2.13. The number of ether oxygens (including phenoxy) is 1. The van der Waals surface area contributed by atoms with Gasteiger partial charge >= 0.3 is 0 Å². The largest absolute Gasteiger partial charge is 0.457 e. The van der Waals surface area contributed by atoms with Crippen LogP contribution >= 0.6 is 0 Å². The number of benzene rings is 2. The zero-order valence-corrected chi connectivity index (χ0v) is 16.6. The average molecular weight is 401 g/mol. The summed E-state index contributed by atoms with van der Waals surface area (Å²) in [5, 5.41) is 3.39. The Hall–Kier alpha value is -3.87. The van der Waals surface area contributed by atoms with Crippen LogP contribution in [0.2, 0.25) is 0 Å². The molecule has 5 aromatic rings. The molecule has 0 aliphatic heterocycles. The predicted octanol–water partition coefficient (Wildman–Crippen LogP) is 5.69. The van der Waals surface area contributed by atoms with Crippen LogP contribution < -0.4 is 10.1 Å². The molecule has 2 N–H and O–H groups in total. The number of fused-ring (bicyclic) bond motifs is 2. The van der Waals surface area contributed by atoms with Gasteiger partial charge in [-0.3, -0.25) is 0 Å². The first-order valence-electron chi connectivity index (χ1n) is 9.74. The molecule has 0 amide bonds. The van der Waals surface area contributed by atoms with Gasteiger partial charge < -0.3 is 19.6 Å². The molecular weight excluding hydrogens is 381 g/mol. The van der Waals surface area contributed by atoms with Crippen molar-refractivity contribution in [3.05, 3.63) is 72.3 Å². The number of pyridine rings is 1. The van der Waals surface area contributed by atoms with E-state index in [9.17, 15) is 4.39 Å². The number of hydrogen-bond acceptors (Lipinski definition) is 4. The molecule has 5 rings (SSSR count). The van der Waals surface area contributed by atoms with E-state index in [1.807, 2.05) is 48.1 Å². The third kappa shape index (κ3) is 3.24. The van der Waals surface area contributed by atoms with Gasteiger partial charge in [0.2, 0.25) is 5.95 Å². The van der Waals surface area contributed by atoms with Gasteiger partial charge in [0.1, 0.15) is 22.8 Å². The van der Waals surface area contributed by atoms with Crippen molar-refractivity contribution in [2.75, 3.05) is 5.32 Å². The Labute approximate surface area is 172 Å². The van der Waals surface area contributed by atoms with Gasteiger partial charge in [0.15, 0.2) is 0 Å². The number of nitrogens with one attached hydrogen (secondary N) is 2. The summed E-state index contributed by atoms with van der Waals surface area (Å²) in [6.07, 6.45) is 2.78. The summed E-state index contributed by atoms with van der Waals surface area (Å²) in [6.45, 7) is 2.09. The number of anilines is 2. The van der Waals surface area contributed by atoms with Gasteiger partial charge in [0.05, 0.1) is 22.2 Å². The van der Waals surface area contributed by atoms with E-state index in [-0.39, 0.29) is 5.82 Å². The third-order valence-corrected chi connectivity index (χ3v) is 5.09. The molecule has 30 heavy (non-hydrogen) atoms. The summed E-state index contributed by atoms with van der Waals surface area (Å²) in [5.41, 5.74) is 5.54. The molecular formula is C23H20FN5O. The Balaban J connectivity index is 1.47. The summed E-state index contributed by atoms with van der Waals surface area (Å²) >= 11 is 0. The minimum absolute atomic E-state index is 0.294. The van der Waals surface area contributed by atoms with Gasteiger partial charge in [-0.05, 0) is 55.0 Å². The Morgan fingerprint density at radius 2 is 1.83 bits per heavy atom. The number of aromatic nitrogens is 4. The van der Waals surface area contributed by atoms with Crippen molar-refractivity contribution in [2.45, 2.75) is 13.3 Å². The van der Waals surface area contributed by atoms with Crippen LogP contribution in [0.3, 0.4) is 0 Å². The Bertz CT molecular complexity index is 1350. The molecule has 7 heteroatoms. The fourth-order valence-electron chi connectivity index (χ4n) is 3.44. The monoisotopic (exact) mass is 401 g/mol. The lowest BCUT2D eigenvalue weighted by Gasteiger charge is -2.07. The maximum Gasteiger partial charge on any atom is 0.208 e. The van der Waals surface area contributed by atoms with Crippen molar-refractivity contribution in [3.63, 3.8) is 0 Å². The summed E-state index contributed by atoms with van der Waals surface area (Å²) in [4.78, 5) is 12.7. The molecule has 0 spiro atoms. The lowest BCUT2D eigenvalue weighted by Crippen LogP contribution is -1.99. The van der Waals surface area contributed by atoms with Crippen LogP contribution in [0.5, 0.6) is 11.5 Å². The van der Waals surface area contributed by atoms with Crippen molar-refractivity contribution in [2.24, 2.45) is 7.05 Å². The fourth-order valence-corrected chi connectivity index (χ4v) is 3.44. The van der Waals surface area contributed by atoms with Crippen LogP contribution in [0.4, 0.5) is 16.0 Å². The van der Waals surface area contributed by atoms with E-state index in [1.165, 1.54) is 12.1 Å². The number of hydrogen-bond donors (Lipinski definition) is 2. The van der Waals surface area contributed by atoms with Crippen LogP contribution in [-0.4, -0.2) is 19.5 Å².